The highest BCUT2D eigenvalue weighted by molar-refractivity contribution is 6.24. The van der Waals surface area contributed by atoms with Gasteiger partial charge in [-0.3, -0.25) is 24.3 Å². The molecule has 6 N–H and O–H groups in total. The number of rotatable bonds is 3. The molecule has 0 fully saturated rings. The maximum absolute atomic E-state index is 13.8. The highest BCUT2D eigenvalue weighted by Crippen LogP contribution is 2.53. The third kappa shape index (κ3) is 3.32. The molecule has 0 saturated carbocycles. The number of aliphatic hydroxyl groups is 3. The standard InChI is InChI=1S/C27H27N3O7/c1-11-4-6-16(29-10-11)13-5-7-17(31)19-14(13)8-12-9-15-21(30(2)3)23(33)20(26(28)36)25(35)27(15,37)24(34)18(12)22(19)32/h4-7,10,12,15,21,31,33-34,37H,8-9H2,1-3H3,(H2,28,36)/t12-,15-,21+,27-/m0/s1. The van der Waals surface area contributed by atoms with E-state index in [0.717, 1.165) is 5.56 Å². The molecule has 0 saturated heterocycles. The Balaban J connectivity index is 1.72. The van der Waals surface area contributed by atoms with E-state index in [1.807, 2.05) is 19.1 Å². The monoisotopic (exact) mass is 505 g/mol. The van der Waals surface area contributed by atoms with Gasteiger partial charge in [0.25, 0.3) is 5.91 Å². The number of primary amides is 1. The second-order valence-electron chi connectivity index (χ2n) is 10.2. The Morgan fingerprint density at radius 2 is 1.84 bits per heavy atom. The Kier molecular flexibility index (Phi) is 5.50. The molecule has 3 aliphatic rings. The number of carbonyl (C=O) groups excluding carboxylic acids is 3. The molecule has 10 nitrogen and oxygen atoms in total. The van der Waals surface area contributed by atoms with E-state index in [2.05, 4.69) is 4.98 Å². The minimum atomic E-state index is -2.66. The lowest BCUT2D eigenvalue weighted by atomic mass is 9.58. The van der Waals surface area contributed by atoms with Gasteiger partial charge in [0.1, 0.15) is 22.8 Å². The van der Waals surface area contributed by atoms with Crippen LogP contribution in [-0.2, 0) is 16.0 Å². The van der Waals surface area contributed by atoms with Gasteiger partial charge in [0.2, 0.25) is 5.78 Å². The van der Waals surface area contributed by atoms with E-state index in [4.69, 9.17) is 5.73 Å². The highest BCUT2D eigenvalue weighted by atomic mass is 16.3. The SMILES string of the molecule is Cc1ccc(-c2ccc(O)c3c2C[C@H]2C[C@H]4[C@@H](N(C)C)C(O)=C(C(N)=O)C(=O)[C@@]4(O)C(O)=C2C3=O)nc1. The highest BCUT2D eigenvalue weighted by Gasteiger charge is 2.63. The van der Waals surface area contributed by atoms with Gasteiger partial charge in [-0.25, -0.2) is 0 Å². The zero-order chi connectivity index (χ0) is 27.0. The molecule has 0 radical (unpaired) electrons. The summed E-state index contributed by atoms with van der Waals surface area (Å²) in [7, 11) is 3.18. The predicted molar refractivity (Wildman–Crippen MR) is 132 cm³/mol. The van der Waals surface area contributed by atoms with Crippen molar-refractivity contribution < 1.29 is 34.8 Å². The summed E-state index contributed by atoms with van der Waals surface area (Å²) in [5.41, 5.74) is 4.36. The molecule has 37 heavy (non-hydrogen) atoms. The number of aromatic nitrogens is 1. The lowest BCUT2D eigenvalue weighted by Crippen LogP contribution is -2.63. The number of amides is 1. The van der Waals surface area contributed by atoms with Crippen LogP contribution in [0.15, 0.2) is 53.1 Å². The van der Waals surface area contributed by atoms with Crippen molar-refractivity contribution in [2.24, 2.45) is 17.6 Å². The minimum absolute atomic E-state index is 0.0299. The maximum atomic E-state index is 13.8. The van der Waals surface area contributed by atoms with Crippen molar-refractivity contribution in [3.05, 3.63) is 69.8 Å². The van der Waals surface area contributed by atoms with Crippen molar-refractivity contribution in [2.45, 2.75) is 31.4 Å². The summed E-state index contributed by atoms with van der Waals surface area (Å²) in [4.78, 5) is 45.1. The van der Waals surface area contributed by atoms with Crippen LogP contribution in [0.25, 0.3) is 11.3 Å². The van der Waals surface area contributed by atoms with Crippen molar-refractivity contribution in [3.63, 3.8) is 0 Å². The van der Waals surface area contributed by atoms with Crippen molar-refractivity contribution in [1.29, 1.82) is 0 Å². The van der Waals surface area contributed by atoms with Gasteiger partial charge in [0, 0.05) is 23.3 Å². The first-order valence-electron chi connectivity index (χ1n) is 11.8. The molecular formula is C27H27N3O7. The number of aromatic hydroxyl groups is 1. The van der Waals surface area contributed by atoms with Gasteiger partial charge in [-0.05, 0) is 69.1 Å². The minimum Gasteiger partial charge on any atom is -0.510 e. The van der Waals surface area contributed by atoms with Crippen LogP contribution in [0.1, 0.15) is 27.9 Å². The van der Waals surface area contributed by atoms with Crippen LogP contribution in [0.5, 0.6) is 5.75 Å². The number of pyridine rings is 1. The molecule has 192 valence electrons. The number of hydrogen-bond donors (Lipinski definition) is 5. The molecule has 3 aliphatic carbocycles. The quantitative estimate of drug-likeness (QED) is 0.387. The maximum Gasteiger partial charge on any atom is 0.255 e. The van der Waals surface area contributed by atoms with Crippen molar-refractivity contribution in [2.75, 3.05) is 14.1 Å². The first-order chi connectivity index (χ1) is 17.4. The number of allylic oxidation sites excluding steroid dienone is 1. The van der Waals surface area contributed by atoms with Crippen LogP contribution < -0.4 is 5.73 Å². The number of nitrogens with two attached hydrogens (primary N) is 1. The number of fused-ring (bicyclic) bond motifs is 3. The number of nitrogens with zero attached hydrogens (tertiary/aromatic N) is 2. The van der Waals surface area contributed by atoms with Gasteiger partial charge in [-0.15, -0.1) is 0 Å². The number of aryl methyl sites for hydroxylation is 1. The number of likely N-dealkylation sites (N-methyl/N-ethyl adjacent to an activating group) is 1. The number of phenols is 1. The second kappa shape index (κ2) is 8.25. The molecule has 1 aromatic carbocycles. The molecule has 0 bridgehead atoms. The first kappa shape index (κ1) is 24.7. The van der Waals surface area contributed by atoms with Gasteiger partial charge >= 0.3 is 0 Å². The molecule has 5 rings (SSSR count). The topological polar surface area (TPSA) is 174 Å². The molecule has 2 aromatic rings. The van der Waals surface area contributed by atoms with E-state index < -0.39 is 58.0 Å². The van der Waals surface area contributed by atoms with E-state index in [9.17, 15) is 34.8 Å². The lowest BCUT2D eigenvalue weighted by Gasteiger charge is -2.50. The normalized spacial score (nSPS) is 27.2. The largest absolute Gasteiger partial charge is 0.510 e. The molecule has 1 aromatic heterocycles. The van der Waals surface area contributed by atoms with Crippen molar-refractivity contribution in [3.8, 4) is 17.0 Å². The molecule has 0 unspecified atom stereocenters. The van der Waals surface area contributed by atoms with E-state index in [1.54, 1.807) is 26.4 Å². The fourth-order valence-electron chi connectivity index (χ4n) is 6.12. The van der Waals surface area contributed by atoms with Crippen LogP contribution in [-0.4, -0.2) is 73.5 Å². The summed E-state index contributed by atoms with van der Waals surface area (Å²) >= 11 is 0. The summed E-state index contributed by atoms with van der Waals surface area (Å²) in [6.45, 7) is 1.90. The number of carbonyl (C=O) groups is 3. The zero-order valence-corrected chi connectivity index (χ0v) is 20.5. The van der Waals surface area contributed by atoms with E-state index in [1.165, 1.54) is 11.0 Å². The summed E-state index contributed by atoms with van der Waals surface area (Å²) in [5, 5.41) is 44.5. The lowest BCUT2D eigenvalue weighted by molar-refractivity contribution is -0.148. The van der Waals surface area contributed by atoms with Crippen LogP contribution in [0.4, 0.5) is 0 Å². The van der Waals surface area contributed by atoms with Gasteiger partial charge in [0.15, 0.2) is 11.4 Å². The second-order valence-corrected chi connectivity index (χ2v) is 10.2. The molecular weight excluding hydrogens is 478 g/mol. The fraction of sp³-hybridized carbons (Fsp3) is 0.333. The molecule has 1 amide bonds. The number of ketones is 2. The zero-order valence-electron chi connectivity index (χ0n) is 20.5. The summed E-state index contributed by atoms with van der Waals surface area (Å²) in [6.07, 6.45) is 1.92. The van der Waals surface area contributed by atoms with Crippen molar-refractivity contribution in [1.82, 2.24) is 9.88 Å². The number of phenolic OH excluding ortho intramolecular Hbond substituents is 1. The number of hydrogen-bond acceptors (Lipinski definition) is 9. The third-order valence-electron chi connectivity index (χ3n) is 7.79. The molecule has 4 atom stereocenters. The summed E-state index contributed by atoms with van der Waals surface area (Å²) in [6, 6.07) is 5.70. The van der Waals surface area contributed by atoms with Crippen LogP contribution in [0.3, 0.4) is 0 Å². The number of aliphatic hydroxyl groups excluding tert-OH is 2. The van der Waals surface area contributed by atoms with Gasteiger partial charge in [-0.1, -0.05) is 6.07 Å². The van der Waals surface area contributed by atoms with E-state index >= 15 is 0 Å². The number of Topliss-reactive ketones (excluding diaryl/α,β-unsaturated/α-hetero) is 2. The van der Waals surface area contributed by atoms with Crippen molar-refractivity contribution >= 4 is 17.5 Å². The van der Waals surface area contributed by atoms with Crippen LogP contribution >= 0.6 is 0 Å². The Bertz CT molecular complexity index is 1440. The van der Waals surface area contributed by atoms with Crippen LogP contribution in [0.2, 0.25) is 0 Å². The van der Waals surface area contributed by atoms with Gasteiger partial charge in [-0.2, -0.15) is 0 Å². The molecule has 1 heterocycles. The van der Waals surface area contributed by atoms with Gasteiger partial charge < -0.3 is 26.2 Å². The molecule has 0 spiro atoms. The predicted octanol–water partition coefficient (Wildman–Crippen LogP) is 1.49. The third-order valence-corrected chi connectivity index (χ3v) is 7.79. The fourth-order valence-corrected chi connectivity index (χ4v) is 6.12. The summed E-state index contributed by atoms with van der Waals surface area (Å²) in [5.74, 6) is -6.74. The Hall–Kier alpha value is -4.02. The van der Waals surface area contributed by atoms with E-state index in [0.29, 0.717) is 16.8 Å². The average molecular weight is 506 g/mol. The Morgan fingerprint density at radius 3 is 2.43 bits per heavy atom. The average Bonchev–Trinajstić information content (AvgIpc) is 2.82. The smallest absolute Gasteiger partial charge is 0.255 e. The Labute approximate surface area is 212 Å². The molecule has 0 aliphatic heterocycles. The van der Waals surface area contributed by atoms with Crippen LogP contribution in [0, 0.1) is 18.8 Å². The Morgan fingerprint density at radius 1 is 1.14 bits per heavy atom. The van der Waals surface area contributed by atoms with E-state index in [-0.39, 0.29) is 29.7 Å². The van der Waals surface area contributed by atoms with Gasteiger partial charge in [0.05, 0.1) is 17.3 Å². The molecule has 10 heteroatoms. The number of benzene rings is 1. The summed E-state index contributed by atoms with van der Waals surface area (Å²) < 4.78 is 0. The first-order valence-corrected chi connectivity index (χ1v) is 11.8.